The van der Waals surface area contributed by atoms with Gasteiger partial charge in [-0.1, -0.05) is 6.07 Å². The van der Waals surface area contributed by atoms with Crippen molar-refractivity contribution in [3.8, 4) is 6.07 Å². The van der Waals surface area contributed by atoms with Crippen LogP contribution < -0.4 is 11.1 Å². The SMILES string of the molecule is C[C@](NC(c1cccs1)C(F)(F)F)(C(N)=O)C1(C#N)CC1. The predicted molar refractivity (Wildman–Crippen MR) is 71.1 cm³/mol. The number of nitrogens with zero attached hydrogens (tertiary/aromatic N) is 1. The molecule has 1 aromatic rings. The smallest absolute Gasteiger partial charge is 0.368 e. The van der Waals surface area contributed by atoms with Crippen molar-refractivity contribution in [2.75, 3.05) is 0 Å². The van der Waals surface area contributed by atoms with Gasteiger partial charge in [-0.05, 0) is 31.2 Å². The Kier molecular flexibility index (Phi) is 3.76. The topological polar surface area (TPSA) is 78.9 Å². The molecule has 0 saturated heterocycles. The Bertz CT molecular complexity index is 574. The summed E-state index contributed by atoms with van der Waals surface area (Å²) < 4.78 is 39.9. The van der Waals surface area contributed by atoms with Gasteiger partial charge < -0.3 is 5.73 Å². The van der Waals surface area contributed by atoms with E-state index < -0.39 is 29.1 Å². The average Bonchev–Trinajstić information content (AvgIpc) is 3.02. The quantitative estimate of drug-likeness (QED) is 0.875. The molecule has 0 aliphatic heterocycles. The Hall–Kier alpha value is -1.59. The van der Waals surface area contributed by atoms with Crippen molar-refractivity contribution in [2.24, 2.45) is 11.1 Å². The molecule has 3 N–H and O–H groups in total. The van der Waals surface area contributed by atoms with E-state index in [0.29, 0.717) is 12.8 Å². The third-order valence-electron chi connectivity index (χ3n) is 4.00. The summed E-state index contributed by atoms with van der Waals surface area (Å²) in [7, 11) is 0. The summed E-state index contributed by atoms with van der Waals surface area (Å²) in [6, 6.07) is 2.76. The van der Waals surface area contributed by atoms with Crippen LogP contribution in [0.25, 0.3) is 0 Å². The summed E-state index contributed by atoms with van der Waals surface area (Å²) in [4.78, 5) is 11.8. The van der Waals surface area contributed by atoms with Crippen molar-refractivity contribution in [1.82, 2.24) is 5.32 Å². The standard InChI is InChI=1S/C13H14F3N3OS/c1-11(10(18)20,12(7-17)4-5-12)19-9(13(14,15)16)8-3-2-6-21-8/h2-3,6,9,19H,4-5H2,1H3,(H2,18,20)/t9?,11-/m0/s1. The number of alkyl halides is 3. The lowest BCUT2D eigenvalue weighted by Gasteiger charge is -2.36. The maximum Gasteiger partial charge on any atom is 0.408 e. The van der Waals surface area contributed by atoms with E-state index in [4.69, 9.17) is 5.73 Å². The van der Waals surface area contributed by atoms with Gasteiger partial charge in [0.2, 0.25) is 5.91 Å². The molecule has 2 atom stereocenters. The van der Waals surface area contributed by atoms with Crippen LogP contribution in [0.15, 0.2) is 17.5 Å². The molecule has 8 heteroatoms. The van der Waals surface area contributed by atoms with Crippen LogP contribution in [0.5, 0.6) is 0 Å². The number of primary amides is 1. The van der Waals surface area contributed by atoms with Crippen LogP contribution in [-0.2, 0) is 4.79 Å². The van der Waals surface area contributed by atoms with Crippen LogP contribution in [0.1, 0.15) is 30.7 Å². The Labute approximate surface area is 123 Å². The summed E-state index contributed by atoms with van der Waals surface area (Å²) in [6.07, 6.45) is -3.89. The van der Waals surface area contributed by atoms with Crippen LogP contribution in [0.4, 0.5) is 13.2 Å². The maximum absolute atomic E-state index is 13.3. The van der Waals surface area contributed by atoms with Crippen molar-refractivity contribution < 1.29 is 18.0 Å². The Morgan fingerprint density at radius 3 is 2.52 bits per heavy atom. The van der Waals surface area contributed by atoms with Crippen molar-refractivity contribution in [3.05, 3.63) is 22.4 Å². The molecule has 1 amide bonds. The van der Waals surface area contributed by atoms with Crippen molar-refractivity contribution >= 4 is 17.2 Å². The van der Waals surface area contributed by atoms with Gasteiger partial charge in [0.25, 0.3) is 0 Å². The highest BCUT2D eigenvalue weighted by molar-refractivity contribution is 7.10. The number of nitrogens with two attached hydrogens (primary N) is 1. The van der Waals surface area contributed by atoms with Gasteiger partial charge in [0.05, 0.1) is 11.5 Å². The van der Waals surface area contributed by atoms with Crippen LogP contribution in [0.2, 0.25) is 0 Å². The molecule has 21 heavy (non-hydrogen) atoms. The number of hydrogen-bond donors (Lipinski definition) is 2. The first-order valence-electron chi connectivity index (χ1n) is 6.25. The third-order valence-corrected chi connectivity index (χ3v) is 4.94. The second-order valence-corrected chi connectivity index (χ2v) is 6.30. The summed E-state index contributed by atoms with van der Waals surface area (Å²) in [5.74, 6) is -0.952. The number of hydrogen-bond acceptors (Lipinski definition) is 4. The number of amides is 1. The first-order valence-corrected chi connectivity index (χ1v) is 7.13. The summed E-state index contributed by atoms with van der Waals surface area (Å²) in [5.41, 5.74) is 2.40. The number of nitrogens with one attached hydrogen (secondary N) is 1. The third kappa shape index (κ3) is 2.63. The summed E-state index contributed by atoms with van der Waals surface area (Å²) >= 11 is 0.931. The van der Waals surface area contributed by atoms with Crippen molar-refractivity contribution in [3.63, 3.8) is 0 Å². The van der Waals surface area contributed by atoms with E-state index in [1.807, 2.05) is 6.07 Å². The van der Waals surface area contributed by atoms with Gasteiger partial charge in [0.1, 0.15) is 11.6 Å². The van der Waals surface area contributed by atoms with Crippen LogP contribution in [-0.4, -0.2) is 17.6 Å². The number of nitriles is 1. The molecule has 2 rings (SSSR count). The minimum absolute atomic E-state index is 0.0312. The molecule has 0 radical (unpaired) electrons. The number of thiophene rings is 1. The van der Waals surface area contributed by atoms with Crippen molar-refractivity contribution in [1.29, 1.82) is 5.26 Å². The Balaban J connectivity index is 2.39. The van der Waals surface area contributed by atoms with Crippen LogP contribution >= 0.6 is 11.3 Å². The average molecular weight is 317 g/mol. The fraction of sp³-hybridized carbons (Fsp3) is 0.538. The maximum atomic E-state index is 13.3. The first-order chi connectivity index (χ1) is 9.66. The van der Waals surface area contributed by atoms with Gasteiger partial charge in [0.15, 0.2) is 0 Å². The Morgan fingerprint density at radius 2 is 2.19 bits per heavy atom. The molecule has 1 unspecified atom stereocenters. The lowest BCUT2D eigenvalue weighted by atomic mass is 9.81. The molecular formula is C13H14F3N3OS. The monoisotopic (exact) mass is 317 g/mol. The molecule has 0 bridgehead atoms. The van der Waals surface area contributed by atoms with Gasteiger partial charge in [-0.3, -0.25) is 10.1 Å². The van der Waals surface area contributed by atoms with Crippen LogP contribution in [0.3, 0.4) is 0 Å². The highest BCUT2D eigenvalue weighted by Gasteiger charge is 2.63. The number of rotatable bonds is 5. The minimum Gasteiger partial charge on any atom is -0.368 e. The van der Waals surface area contributed by atoms with E-state index in [-0.39, 0.29) is 4.88 Å². The van der Waals surface area contributed by atoms with E-state index in [1.165, 1.54) is 24.4 Å². The molecule has 1 aliphatic rings. The van der Waals surface area contributed by atoms with Gasteiger partial charge in [-0.2, -0.15) is 18.4 Å². The molecule has 0 aromatic carbocycles. The van der Waals surface area contributed by atoms with Crippen LogP contribution in [0, 0.1) is 16.7 Å². The number of halogens is 3. The zero-order valence-electron chi connectivity index (χ0n) is 11.2. The Morgan fingerprint density at radius 1 is 1.57 bits per heavy atom. The highest BCUT2D eigenvalue weighted by Crippen LogP contribution is 2.54. The second-order valence-electron chi connectivity index (χ2n) is 5.32. The van der Waals surface area contributed by atoms with E-state index in [2.05, 4.69) is 5.32 Å². The molecule has 1 fully saturated rings. The summed E-state index contributed by atoms with van der Waals surface area (Å²) in [5, 5.41) is 13.0. The molecule has 1 aliphatic carbocycles. The fourth-order valence-corrected chi connectivity index (χ4v) is 3.15. The highest BCUT2D eigenvalue weighted by atomic mass is 32.1. The number of carbonyl (C=O) groups excluding carboxylic acids is 1. The molecular weight excluding hydrogens is 303 g/mol. The molecule has 1 aromatic heterocycles. The normalized spacial score (nSPS) is 21.1. The van der Waals surface area contributed by atoms with Gasteiger partial charge in [-0.25, -0.2) is 0 Å². The molecule has 4 nitrogen and oxygen atoms in total. The lowest BCUT2D eigenvalue weighted by molar-refractivity contribution is -0.165. The second kappa shape index (κ2) is 5.00. The molecule has 0 spiro atoms. The molecule has 114 valence electrons. The van der Waals surface area contributed by atoms with Gasteiger partial charge >= 0.3 is 6.18 Å². The molecule has 1 saturated carbocycles. The van der Waals surface area contributed by atoms with E-state index >= 15 is 0 Å². The zero-order chi connectivity index (χ0) is 15.9. The number of carbonyl (C=O) groups is 1. The summed E-state index contributed by atoms with van der Waals surface area (Å²) in [6.45, 7) is 1.28. The predicted octanol–water partition coefficient (Wildman–Crippen LogP) is 2.49. The fourth-order valence-electron chi connectivity index (χ4n) is 2.35. The van der Waals surface area contributed by atoms with E-state index in [0.717, 1.165) is 11.3 Å². The van der Waals surface area contributed by atoms with E-state index in [1.54, 1.807) is 0 Å². The van der Waals surface area contributed by atoms with Gasteiger partial charge in [-0.15, -0.1) is 11.3 Å². The zero-order valence-corrected chi connectivity index (χ0v) is 12.0. The largest absolute Gasteiger partial charge is 0.408 e. The minimum atomic E-state index is -4.59. The van der Waals surface area contributed by atoms with E-state index in [9.17, 15) is 23.2 Å². The molecule has 1 heterocycles. The van der Waals surface area contributed by atoms with Crippen molar-refractivity contribution in [2.45, 2.75) is 37.5 Å². The van der Waals surface area contributed by atoms with Gasteiger partial charge in [0, 0.05) is 4.88 Å². The first kappa shape index (κ1) is 15.8. The lowest BCUT2D eigenvalue weighted by Crippen LogP contribution is -2.61.